The summed E-state index contributed by atoms with van der Waals surface area (Å²) in [5.41, 5.74) is -10.3. The Morgan fingerprint density at radius 3 is 0.330 bits per heavy atom. The van der Waals surface area contributed by atoms with Crippen molar-refractivity contribution >= 4 is 8.60 Å². The summed E-state index contributed by atoms with van der Waals surface area (Å²) in [6, 6.07) is -12.5. The molecule has 0 aliphatic rings. The smallest absolute Gasteiger partial charge is 0.409 e. The summed E-state index contributed by atoms with van der Waals surface area (Å²) in [4.78, 5) is 0. The maximum Gasteiger partial charge on any atom is 0.530 e. The molecule has 67 heteroatoms. The fraction of sp³-hybridized carbons (Fsp3) is 0.625. The molecule has 668 valence electrons. The molecule has 3 rings (SSSR count). The van der Waals surface area contributed by atoms with Gasteiger partial charge in [0.2, 0.25) is 0 Å². The van der Waals surface area contributed by atoms with Gasteiger partial charge in [-0.25, -0.2) is 0 Å². The SMILES string of the molecule is FC(F)(F)C(F)(F)C(F)(F)C(F)(F)C(F)(F)C(F)(F)C(F)(F)C(F)(F)C(F)(F)C(F)(F)c1ccc(OP(Oc2ccc(C(F)(F)C(F)(F)C(F)(F)C(F)(F)C(F)(F)C(F)(F)C(F)(F)C(F)(F)C(F)(F)C(F)(F)F)cc2)Oc2ccc(C(F)(F)C(F)(F)C(F)(F)C(F)(F)C(F)(F)C(F)(F)C(F)(F)C(F)(F)C(F)(F)C(F)(F)F)cc2)cc1. The monoisotopic (exact) mass is 1860 g/mol. The summed E-state index contributed by atoms with van der Waals surface area (Å²) < 4.78 is 896. The van der Waals surface area contributed by atoms with E-state index in [1.807, 2.05) is 0 Å². The van der Waals surface area contributed by atoms with E-state index in [1.54, 1.807) is 0 Å². The second-order valence-electron chi connectivity index (χ2n) is 22.1. The summed E-state index contributed by atoms with van der Waals surface area (Å²) in [6.45, 7) is 0. The highest BCUT2D eigenvalue weighted by Gasteiger charge is 3.02. The van der Waals surface area contributed by atoms with Gasteiger partial charge in [-0.1, -0.05) is 0 Å². The minimum Gasteiger partial charge on any atom is -0.409 e. The van der Waals surface area contributed by atoms with Gasteiger partial charge in [-0.2, -0.15) is 277 Å². The van der Waals surface area contributed by atoms with E-state index in [4.69, 9.17) is 0 Å². The first kappa shape index (κ1) is 102. The number of hydrogen-bond acceptors (Lipinski definition) is 3. The van der Waals surface area contributed by atoms with Gasteiger partial charge in [-0.15, -0.1) is 0 Å². The molecule has 0 amide bonds. The normalized spacial score (nSPS) is 16.4. The van der Waals surface area contributed by atoms with Crippen molar-refractivity contribution in [3.8, 4) is 17.2 Å². The van der Waals surface area contributed by atoms with Crippen LogP contribution in [0.15, 0.2) is 72.8 Å². The van der Waals surface area contributed by atoms with Crippen LogP contribution in [0.25, 0.3) is 0 Å². The maximum absolute atomic E-state index is 15.2. The van der Waals surface area contributed by atoms with Gasteiger partial charge >= 0.3 is 187 Å². The van der Waals surface area contributed by atoms with E-state index in [9.17, 15) is 250 Å². The molecule has 0 atom stereocenters. The molecule has 3 nitrogen and oxygen atoms in total. The Morgan fingerprint density at radius 2 is 0.226 bits per heavy atom. The molecule has 3 aromatic rings. The molecule has 0 N–H and O–H groups in total. The van der Waals surface area contributed by atoms with Crippen LogP contribution >= 0.6 is 8.60 Å². The van der Waals surface area contributed by atoms with E-state index < -0.39 is 294 Å². The lowest BCUT2D eigenvalue weighted by molar-refractivity contribution is -0.474. The standard InChI is InChI=1S/C48H12F63O3P/c49-19(50,22(55,56)25(61,62)28(67,68)31(73,74)34(79,80)37(85,86)40(91,92)43(97,98)46(103,104)105)13-1-7-16(8-2-13)112-115(113-17-9-3-14(4-10-17)20(51,52)23(57,58)26(63,64)29(69,70)32(75,76)35(81,82)38(87,88)41(93,94)44(99,100)47(106,107)108)114-18-11-5-15(6-12-18)21(53,54)24(59,60)27(65,66)30(71,72)33(77,78)36(83,84)39(89,90)42(95,96)45(101,102)48(109,110)111/h1-12H. The molecule has 0 radical (unpaired) electrons. The summed E-state index contributed by atoms with van der Waals surface area (Å²) >= 11 is 0. The van der Waals surface area contributed by atoms with Crippen molar-refractivity contribution in [2.24, 2.45) is 0 Å². The Hall–Kier alpha value is -6.92. The first-order valence-electron chi connectivity index (χ1n) is 26.0. The number of rotatable bonds is 33. The van der Waals surface area contributed by atoms with Crippen LogP contribution in [0.4, 0.5) is 277 Å². The molecule has 0 unspecified atom stereocenters. The van der Waals surface area contributed by atoms with Crippen LogP contribution in [0.3, 0.4) is 0 Å². The zero-order chi connectivity index (χ0) is 92.6. The van der Waals surface area contributed by atoms with Gasteiger partial charge in [0.05, 0.1) is 0 Å². The zero-order valence-corrected chi connectivity index (χ0v) is 51.3. The summed E-state index contributed by atoms with van der Waals surface area (Å²) in [6.07, 6.45) is -25.3. The van der Waals surface area contributed by atoms with Crippen LogP contribution in [0.1, 0.15) is 16.7 Å². The number of benzene rings is 3. The molecule has 0 saturated carbocycles. The predicted molar refractivity (Wildman–Crippen MR) is 237 cm³/mol. The van der Waals surface area contributed by atoms with E-state index in [-0.39, 0.29) is 0 Å². The van der Waals surface area contributed by atoms with E-state index in [2.05, 4.69) is 13.6 Å². The maximum atomic E-state index is 15.2. The van der Waals surface area contributed by atoms with Crippen LogP contribution in [0.2, 0.25) is 0 Å². The summed E-state index contributed by atoms with van der Waals surface area (Å²) in [7, 11) is -4.84. The van der Waals surface area contributed by atoms with Crippen molar-refractivity contribution in [2.45, 2.75) is 178 Å². The van der Waals surface area contributed by atoms with Crippen molar-refractivity contribution in [1.82, 2.24) is 0 Å². The van der Waals surface area contributed by atoms with Crippen LogP contribution in [0, 0.1) is 0 Å². The van der Waals surface area contributed by atoms with Gasteiger partial charge in [-0.05, 0) is 72.8 Å². The second kappa shape index (κ2) is 27.6. The molecule has 0 aromatic heterocycles. The molecule has 0 saturated heterocycles. The van der Waals surface area contributed by atoms with Crippen LogP contribution in [0.5, 0.6) is 17.2 Å². The van der Waals surface area contributed by atoms with E-state index >= 15 is 26.3 Å². The second-order valence-corrected chi connectivity index (χ2v) is 23.1. The first-order chi connectivity index (χ1) is 49.5. The Balaban J connectivity index is 2.35. The largest absolute Gasteiger partial charge is 0.530 e. The van der Waals surface area contributed by atoms with Crippen molar-refractivity contribution < 1.29 is 290 Å². The van der Waals surface area contributed by atoms with Gasteiger partial charge < -0.3 is 13.6 Å². The zero-order valence-electron chi connectivity index (χ0n) is 50.4. The quantitative estimate of drug-likeness (QED) is 0.0449. The molecule has 0 fully saturated rings. The Bertz CT molecular complexity index is 3510. The van der Waals surface area contributed by atoms with Crippen molar-refractivity contribution in [3.05, 3.63) is 89.5 Å². The average molecular weight is 1860 g/mol. The van der Waals surface area contributed by atoms with Crippen LogP contribution < -0.4 is 13.6 Å². The number of hydrogen-bond donors (Lipinski definition) is 0. The molecular weight excluding hydrogens is 1850 g/mol. The summed E-state index contributed by atoms with van der Waals surface area (Å²) in [5.74, 6) is -256. The number of alkyl halides is 63. The Morgan fingerprint density at radius 1 is 0.130 bits per heavy atom. The highest BCUT2D eigenvalue weighted by molar-refractivity contribution is 7.43. The van der Waals surface area contributed by atoms with Gasteiger partial charge in [-0.3, -0.25) is 0 Å². The third-order valence-corrected chi connectivity index (χ3v) is 15.8. The molecule has 0 heterocycles. The highest BCUT2D eigenvalue weighted by Crippen LogP contribution is 2.72. The van der Waals surface area contributed by atoms with E-state index in [1.165, 1.54) is 0 Å². The molecule has 0 bridgehead atoms. The number of halogens is 63. The van der Waals surface area contributed by atoms with Crippen molar-refractivity contribution in [2.75, 3.05) is 0 Å². The van der Waals surface area contributed by atoms with Gasteiger partial charge in [0.25, 0.3) is 0 Å². The van der Waals surface area contributed by atoms with Gasteiger partial charge in [0.1, 0.15) is 17.2 Å². The van der Waals surface area contributed by atoms with Gasteiger partial charge in [0, 0.05) is 16.7 Å². The summed E-state index contributed by atoms with van der Waals surface area (Å²) in [5, 5.41) is 0. The fourth-order valence-electron chi connectivity index (χ4n) is 7.71. The fourth-order valence-corrected chi connectivity index (χ4v) is 8.70. The highest BCUT2D eigenvalue weighted by atomic mass is 31.2. The topological polar surface area (TPSA) is 27.7 Å². The van der Waals surface area contributed by atoms with Crippen LogP contribution in [-0.4, -0.2) is 161 Å². The molecule has 0 aliphatic heterocycles. The van der Waals surface area contributed by atoms with Gasteiger partial charge in [0.15, 0.2) is 0 Å². The average Bonchev–Trinajstić information content (AvgIpc) is 0.691. The molecule has 115 heavy (non-hydrogen) atoms. The van der Waals surface area contributed by atoms with Crippen molar-refractivity contribution in [3.63, 3.8) is 0 Å². The molecule has 0 spiro atoms. The Labute approximate surface area is 584 Å². The lowest BCUT2D eigenvalue weighted by atomic mass is 9.85. The molecule has 3 aromatic carbocycles. The van der Waals surface area contributed by atoms with Crippen molar-refractivity contribution in [1.29, 1.82) is 0 Å². The van der Waals surface area contributed by atoms with E-state index in [0.717, 1.165) is 0 Å². The lowest BCUT2D eigenvalue weighted by Crippen LogP contribution is -2.76. The predicted octanol–water partition coefficient (Wildman–Crippen LogP) is 25.7. The minimum atomic E-state index is -9.79. The third-order valence-electron chi connectivity index (χ3n) is 14.7. The van der Waals surface area contributed by atoms with E-state index in [0.29, 0.717) is 0 Å². The minimum absolute atomic E-state index is 0.846. The first-order valence-corrected chi connectivity index (χ1v) is 27.1. The molecular formula is C48H12F63O3P. The third kappa shape index (κ3) is 13.5. The van der Waals surface area contributed by atoms with Crippen LogP contribution in [-0.2, 0) is 17.8 Å². The molecule has 0 aliphatic carbocycles. The Kier molecular flexibility index (Phi) is 24.5. The lowest BCUT2D eigenvalue weighted by Gasteiger charge is -2.44.